The number of ether oxygens (including phenoxy) is 1. The summed E-state index contributed by atoms with van der Waals surface area (Å²) in [6.07, 6.45) is 3.18. The summed E-state index contributed by atoms with van der Waals surface area (Å²) < 4.78 is 38.6. The van der Waals surface area contributed by atoms with Gasteiger partial charge in [0.15, 0.2) is 0 Å². The maximum absolute atomic E-state index is 12.6. The summed E-state index contributed by atoms with van der Waals surface area (Å²) in [7, 11) is -3.75. The molecule has 0 spiro atoms. The highest BCUT2D eigenvalue weighted by Crippen LogP contribution is 2.45. The Labute approximate surface area is 154 Å². The van der Waals surface area contributed by atoms with Gasteiger partial charge in [0.05, 0.1) is 17.8 Å². The minimum Gasteiger partial charge on any atom is -0.493 e. The molecule has 6 nitrogen and oxygen atoms in total. The number of hydrogen-bond acceptors (Lipinski definition) is 5. The Morgan fingerprint density at radius 3 is 2.50 bits per heavy atom. The standard InChI is InChI=1S/C19H25NO5S/c1-14(2)12-25-16-7-9-17(10-8-16)26(22,23)20-13-19(21,15-5-6-15)18-4-3-11-24-18/h3-4,7-11,14-15,20-21H,5-6,12-13H2,1-2H3. The Morgan fingerprint density at radius 1 is 1.27 bits per heavy atom. The molecule has 1 aliphatic rings. The monoisotopic (exact) mass is 379 g/mol. The predicted molar refractivity (Wildman–Crippen MR) is 97.3 cm³/mol. The van der Waals surface area contributed by atoms with Crippen LogP contribution < -0.4 is 9.46 Å². The van der Waals surface area contributed by atoms with Crippen LogP contribution >= 0.6 is 0 Å². The minimum absolute atomic E-state index is 0.00293. The Balaban J connectivity index is 1.68. The number of sulfonamides is 1. The molecular weight excluding hydrogens is 354 g/mol. The van der Waals surface area contributed by atoms with Crippen LogP contribution in [0.25, 0.3) is 0 Å². The zero-order chi connectivity index (χ0) is 18.8. The first-order valence-electron chi connectivity index (χ1n) is 8.80. The topological polar surface area (TPSA) is 88.8 Å². The van der Waals surface area contributed by atoms with E-state index in [1.165, 1.54) is 18.4 Å². The lowest BCUT2D eigenvalue weighted by Crippen LogP contribution is -2.42. The molecule has 0 amide bonds. The van der Waals surface area contributed by atoms with Gasteiger partial charge >= 0.3 is 0 Å². The highest BCUT2D eigenvalue weighted by Gasteiger charge is 2.47. The van der Waals surface area contributed by atoms with Gasteiger partial charge in [-0.2, -0.15) is 0 Å². The first-order valence-corrected chi connectivity index (χ1v) is 10.3. The van der Waals surface area contributed by atoms with Gasteiger partial charge in [0.2, 0.25) is 10.0 Å². The Morgan fingerprint density at radius 2 is 1.96 bits per heavy atom. The van der Waals surface area contributed by atoms with Crippen molar-refractivity contribution in [2.75, 3.05) is 13.2 Å². The molecular formula is C19H25NO5S. The highest BCUT2D eigenvalue weighted by molar-refractivity contribution is 7.89. The van der Waals surface area contributed by atoms with E-state index >= 15 is 0 Å². The summed E-state index contributed by atoms with van der Waals surface area (Å²) in [6.45, 7) is 4.53. The molecule has 1 fully saturated rings. The lowest BCUT2D eigenvalue weighted by molar-refractivity contribution is -0.00224. The van der Waals surface area contributed by atoms with Gasteiger partial charge in [-0.15, -0.1) is 0 Å². The molecule has 0 bridgehead atoms. The van der Waals surface area contributed by atoms with Gasteiger partial charge in [-0.3, -0.25) is 0 Å². The van der Waals surface area contributed by atoms with Crippen molar-refractivity contribution < 1.29 is 22.7 Å². The number of furan rings is 1. The lowest BCUT2D eigenvalue weighted by Gasteiger charge is -2.26. The van der Waals surface area contributed by atoms with Gasteiger partial charge in [0, 0.05) is 6.54 Å². The Bertz CT molecular complexity index is 810. The van der Waals surface area contributed by atoms with Crippen molar-refractivity contribution in [3.05, 3.63) is 48.4 Å². The number of benzene rings is 1. The van der Waals surface area contributed by atoms with Crippen molar-refractivity contribution in [1.29, 1.82) is 0 Å². The molecule has 1 aliphatic carbocycles. The van der Waals surface area contributed by atoms with E-state index in [9.17, 15) is 13.5 Å². The van der Waals surface area contributed by atoms with Crippen LogP contribution in [0.3, 0.4) is 0 Å². The maximum Gasteiger partial charge on any atom is 0.240 e. The van der Waals surface area contributed by atoms with E-state index in [-0.39, 0.29) is 17.4 Å². The fourth-order valence-corrected chi connectivity index (χ4v) is 3.86. The average Bonchev–Trinajstić information content (AvgIpc) is 3.33. The molecule has 2 aromatic rings. The van der Waals surface area contributed by atoms with Crippen LogP contribution in [0.2, 0.25) is 0 Å². The van der Waals surface area contributed by atoms with Gasteiger partial charge in [-0.25, -0.2) is 13.1 Å². The number of nitrogens with one attached hydrogen (secondary N) is 1. The predicted octanol–water partition coefficient (Wildman–Crippen LogP) is 2.89. The molecule has 142 valence electrons. The molecule has 0 saturated heterocycles. The van der Waals surface area contributed by atoms with Crippen molar-refractivity contribution in [2.45, 2.75) is 37.2 Å². The molecule has 1 unspecified atom stereocenters. The van der Waals surface area contributed by atoms with Crippen molar-refractivity contribution in [2.24, 2.45) is 11.8 Å². The summed E-state index contributed by atoms with van der Waals surface area (Å²) in [5, 5.41) is 10.9. The largest absolute Gasteiger partial charge is 0.493 e. The molecule has 0 aliphatic heterocycles. The van der Waals surface area contributed by atoms with Gasteiger partial charge in [0.25, 0.3) is 0 Å². The summed E-state index contributed by atoms with van der Waals surface area (Å²) in [6, 6.07) is 9.63. The van der Waals surface area contributed by atoms with E-state index in [0.717, 1.165) is 12.8 Å². The summed E-state index contributed by atoms with van der Waals surface area (Å²) in [4.78, 5) is 0.131. The third kappa shape index (κ3) is 4.28. The second-order valence-corrected chi connectivity index (χ2v) is 8.94. The van der Waals surface area contributed by atoms with Gasteiger partial charge in [-0.1, -0.05) is 13.8 Å². The van der Waals surface area contributed by atoms with E-state index in [1.807, 2.05) is 13.8 Å². The van der Waals surface area contributed by atoms with Crippen molar-refractivity contribution >= 4 is 10.0 Å². The second kappa shape index (κ2) is 7.42. The van der Waals surface area contributed by atoms with Crippen LogP contribution in [0.15, 0.2) is 52.0 Å². The third-order valence-corrected chi connectivity index (χ3v) is 5.87. The molecule has 26 heavy (non-hydrogen) atoms. The van der Waals surface area contributed by atoms with E-state index in [2.05, 4.69) is 4.72 Å². The molecule has 1 atom stereocenters. The van der Waals surface area contributed by atoms with Crippen molar-refractivity contribution in [3.63, 3.8) is 0 Å². The average molecular weight is 379 g/mol. The van der Waals surface area contributed by atoms with Crippen LogP contribution in [-0.2, 0) is 15.6 Å². The minimum atomic E-state index is -3.75. The van der Waals surface area contributed by atoms with Crippen LogP contribution in [0.4, 0.5) is 0 Å². The summed E-state index contributed by atoms with van der Waals surface area (Å²) >= 11 is 0. The molecule has 0 radical (unpaired) electrons. The van der Waals surface area contributed by atoms with Crippen LogP contribution in [0.5, 0.6) is 5.75 Å². The van der Waals surface area contributed by atoms with Crippen LogP contribution in [0, 0.1) is 11.8 Å². The summed E-state index contributed by atoms with van der Waals surface area (Å²) in [5.41, 5.74) is -1.32. The quantitative estimate of drug-likeness (QED) is 0.699. The molecule has 1 saturated carbocycles. The first kappa shape index (κ1) is 18.9. The molecule has 7 heteroatoms. The molecule has 1 aromatic heterocycles. The van der Waals surface area contributed by atoms with E-state index in [1.54, 1.807) is 24.3 Å². The van der Waals surface area contributed by atoms with Gasteiger partial charge in [0.1, 0.15) is 17.1 Å². The second-order valence-electron chi connectivity index (χ2n) is 7.18. The smallest absolute Gasteiger partial charge is 0.240 e. The molecule has 3 rings (SSSR count). The van der Waals surface area contributed by atoms with Gasteiger partial charge in [-0.05, 0) is 61.1 Å². The van der Waals surface area contributed by atoms with E-state index in [0.29, 0.717) is 24.0 Å². The van der Waals surface area contributed by atoms with E-state index < -0.39 is 15.6 Å². The molecule has 1 heterocycles. The number of aliphatic hydroxyl groups is 1. The first-order chi connectivity index (χ1) is 12.3. The maximum atomic E-state index is 12.6. The number of hydrogen-bond donors (Lipinski definition) is 2. The van der Waals surface area contributed by atoms with Crippen LogP contribution in [-0.4, -0.2) is 26.7 Å². The SMILES string of the molecule is CC(C)COc1ccc(S(=O)(=O)NCC(O)(c2ccco2)C2CC2)cc1. The fourth-order valence-electron chi connectivity index (χ4n) is 2.78. The van der Waals surface area contributed by atoms with Crippen molar-refractivity contribution in [1.82, 2.24) is 4.72 Å². The molecule has 2 N–H and O–H groups in total. The Hall–Kier alpha value is -1.83. The molecule has 1 aromatic carbocycles. The zero-order valence-corrected chi connectivity index (χ0v) is 15.8. The Kier molecular flexibility index (Phi) is 5.41. The van der Waals surface area contributed by atoms with E-state index in [4.69, 9.17) is 9.15 Å². The lowest BCUT2D eigenvalue weighted by atomic mass is 9.95. The highest BCUT2D eigenvalue weighted by atomic mass is 32.2. The third-order valence-electron chi connectivity index (χ3n) is 4.45. The normalized spacial score (nSPS) is 17.2. The number of rotatable bonds is 9. The van der Waals surface area contributed by atoms with Crippen molar-refractivity contribution in [3.8, 4) is 5.75 Å². The zero-order valence-electron chi connectivity index (χ0n) is 15.0. The van der Waals surface area contributed by atoms with Gasteiger partial charge < -0.3 is 14.3 Å². The van der Waals surface area contributed by atoms with Crippen LogP contribution in [0.1, 0.15) is 32.4 Å². The fraction of sp³-hybridized carbons (Fsp3) is 0.474. The summed E-state index contributed by atoms with van der Waals surface area (Å²) in [5.74, 6) is 1.41.